The van der Waals surface area contributed by atoms with Gasteiger partial charge in [0.1, 0.15) is 0 Å². The summed E-state index contributed by atoms with van der Waals surface area (Å²) in [6, 6.07) is 3.45. The lowest BCUT2D eigenvalue weighted by atomic mass is 10.3. The molecule has 1 aromatic rings. The summed E-state index contributed by atoms with van der Waals surface area (Å²) in [7, 11) is 0. The molecule has 1 rings (SSSR count). The summed E-state index contributed by atoms with van der Waals surface area (Å²) >= 11 is 0. The van der Waals surface area contributed by atoms with Gasteiger partial charge < -0.3 is 0 Å². The van der Waals surface area contributed by atoms with Gasteiger partial charge in [0.2, 0.25) is 0 Å². The monoisotopic (exact) mass is 124 g/mol. The summed E-state index contributed by atoms with van der Waals surface area (Å²) in [4.78, 5) is 3.77. The van der Waals surface area contributed by atoms with Crippen LogP contribution in [-0.2, 0) is 0 Å². The summed E-state index contributed by atoms with van der Waals surface area (Å²) in [5.41, 5.74) is 1.42. The number of aromatic nitrogens is 1. The van der Waals surface area contributed by atoms with Crippen LogP contribution in [0.4, 0.5) is 4.39 Å². The number of halogens is 1. The maximum absolute atomic E-state index is 11.7. The first-order valence-electron chi connectivity index (χ1n) is 2.69. The van der Waals surface area contributed by atoms with E-state index in [2.05, 4.69) is 4.98 Å². The van der Waals surface area contributed by atoms with Crippen LogP contribution in [0, 0.1) is 13.6 Å². The van der Waals surface area contributed by atoms with Gasteiger partial charge in [-0.05, 0) is 18.6 Å². The molecule has 0 spiro atoms. The van der Waals surface area contributed by atoms with E-state index >= 15 is 0 Å². The normalized spacial score (nSPS) is 9.56. The Hall–Kier alpha value is -0.920. The molecule has 0 saturated carbocycles. The number of aryl methyl sites for hydroxylation is 1. The summed E-state index contributed by atoms with van der Waals surface area (Å²) in [5.74, 6) is 0. The van der Waals surface area contributed by atoms with Crippen molar-refractivity contribution in [2.45, 2.75) is 6.92 Å². The standard InChI is InChI=1S/C7H7FN/c1-6-2-3-7(4-8)9-5-6/h2-5H,1H3. The predicted octanol–water partition coefficient (Wildman–Crippen LogP) is 1.87. The zero-order chi connectivity index (χ0) is 6.69. The van der Waals surface area contributed by atoms with E-state index in [4.69, 9.17) is 0 Å². The van der Waals surface area contributed by atoms with Gasteiger partial charge in [-0.1, -0.05) is 6.07 Å². The average molecular weight is 124 g/mol. The van der Waals surface area contributed by atoms with Crippen molar-refractivity contribution in [1.29, 1.82) is 0 Å². The molecule has 0 saturated heterocycles. The van der Waals surface area contributed by atoms with Gasteiger partial charge in [-0.25, -0.2) is 4.39 Å². The summed E-state index contributed by atoms with van der Waals surface area (Å²) < 4.78 is 11.7. The lowest BCUT2D eigenvalue weighted by Gasteiger charge is -1.91. The van der Waals surface area contributed by atoms with Crippen molar-refractivity contribution in [2.75, 3.05) is 0 Å². The van der Waals surface area contributed by atoms with E-state index in [1.807, 2.05) is 13.0 Å². The van der Waals surface area contributed by atoms with E-state index in [0.717, 1.165) is 5.56 Å². The largest absolute Gasteiger partial charge is 0.258 e. The minimum absolute atomic E-state index is 0.376. The molecule has 0 amide bonds. The molecular formula is C7H7FN. The van der Waals surface area contributed by atoms with Gasteiger partial charge in [-0.3, -0.25) is 4.98 Å². The molecule has 2 heteroatoms. The van der Waals surface area contributed by atoms with Crippen LogP contribution in [0.2, 0.25) is 0 Å². The van der Waals surface area contributed by atoms with Crippen molar-refractivity contribution < 1.29 is 4.39 Å². The highest BCUT2D eigenvalue weighted by Gasteiger charge is 1.89. The van der Waals surface area contributed by atoms with Crippen LogP contribution in [-0.4, -0.2) is 4.98 Å². The Kier molecular flexibility index (Phi) is 1.78. The van der Waals surface area contributed by atoms with Crippen LogP contribution >= 0.6 is 0 Å². The molecule has 0 aliphatic rings. The molecule has 0 N–H and O–H groups in total. The van der Waals surface area contributed by atoms with Crippen molar-refractivity contribution in [1.82, 2.24) is 4.98 Å². The number of nitrogens with zero attached hydrogens (tertiary/aromatic N) is 1. The highest BCUT2D eigenvalue weighted by atomic mass is 19.1. The minimum atomic E-state index is 0.376. The van der Waals surface area contributed by atoms with Crippen LogP contribution in [0.1, 0.15) is 11.3 Å². The van der Waals surface area contributed by atoms with Crippen molar-refractivity contribution in [3.8, 4) is 0 Å². The molecule has 47 valence electrons. The molecule has 1 nitrogen and oxygen atoms in total. The molecule has 1 heterocycles. The molecule has 1 radical (unpaired) electrons. The lowest BCUT2D eigenvalue weighted by Crippen LogP contribution is -1.82. The average Bonchev–Trinajstić information content (AvgIpc) is 1.90. The Labute approximate surface area is 53.5 Å². The summed E-state index contributed by atoms with van der Waals surface area (Å²) in [6.07, 6.45) is 1.63. The van der Waals surface area contributed by atoms with E-state index in [-0.39, 0.29) is 0 Å². The number of hydrogen-bond donors (Lipinski definition) is 0. The second kappa shape index (κ2) is 2.58. The Morgan fingerprint density at radius 3 is 2.78 bits per heavy atom. The SMILES string of the molecule is Cc1ccc([CH]F)nc1. The molecule has 9 heavy (non-hydrogen) atoms. The van der Waals surface area contributed by atoms with E-state index in [1.165, 1.54) is 0 Å². The van der Waals surface area contributed by atoms with Crippen molar-refractivity contribution >= 4 is 0 Å². The van der Waals surface area contributed by atoms with E-state index in [0.29, 0.717) is 12.4 Å². The Bertz CT molecular complexity index is 181. The van der Waals surface area contributed by atoms with Crippen LogP contribution in [0.15, 0.2) is 18.3 Å². The van der Waals surface area contributed by atoms with Crippen molar-refractivity contribution in [3.63, 3.8) is 0 Å². The third-order valence-corrected chi connectivity index (χ3v) is 1.05. The quantitative estimate of drug-likeness (QED) is 0.557. The number of pyridine rings is 1. The van der Waals surface area contributed by atoms with Crippen LogP contribution in [0.5, 0.6) is 0 Å². The first-order valence-corrected chi connectivity index (χ1v) is 2.69. The second-order valence-corrected chi connectivity index (χ2v) is 1.87. The second-order valence-electron chi connectivity index (χ2n) is 1.87. The Morgan fingerprint density at radius 2 is 2.33 bits per heavy atom. The Morgan fingerprint density at radius 1 is 1.56 bits per heavy atom. The van der Waals surface area contributed by atoms with Gasteiger partial charge in [-0.15, -0.1) is 0 Å². The fraction of sp³-hybridized carbons (Fsp3) is 0.143. The van der Waals surface area contributed by atoms with Gasteiger partial charge in [0.05, 0.1) is 5.69 Å². The van der Waals surface area contributed by atoms with Gasteiger partial charge in [-0.2, -0.15) is 0 Å². The minimum Gasteiger partial charge on any atom is -0.258 e. The smallest absolute Gasteiger partial charge is 0.179 e. The molecule has 0 bridgehead atoms. The predicted molar refractivity (Wildman–Crippen MR) is 33.5 cm³/mol. The summed E-state index contributed by atoms with van der Waals surface area (Å²) in [6.45, 7) is 2.40. The maximum Gasteiger partial charge on any atom is 0.179 e. The molecule has 0 atom stereocenters. The van der Waals surface area contributed by atoms with E-state index in [1.54, 1.807) is 12.3 Å². The molecule has 0 unspecified atom stereocenters. The van der Waals surface area contributed by atoms with E-state index < -0.39 is 0 Å². The third-order valence-electron chi connectivity index (χ3n) is 1.05. The molecule has 0 aliphatic heterocycles. The fourth-order valence-corrected chi connectivity index (χ4v) is 0.544. The topological polar surface area (TPSA) is 12.9 Å². The third kappa shape index (κ3) is 1.49. The molecular weight excluding hydrogens is 117 g/mol. The first-order chi connectivity index (χ1) is 4.33. The van der Waals surface area contributed by atoms with Gasteiger partial charge in [0.15, 0.2) is 6.67 Å². The fourth-order valence-electron chi connectivity index (χ4n) is 0.544. The zero-order valence-electron chi connectivity index (χ0n) is 5.13. The molecule has 1 aromatic heterocycles. The van der Waals surface area contributed by atoms with E-state index in [9.17, 15) is 4.39 Å². The number of hydrogen-bond acceptors (Lipinski definition) is 1. The van der Waals surface area contributed by atoms with Gasteiger partial charge in [0, 0.05) is 6.20 Å². The zero-order valence-corrected chi connectivity index (χ0v) is 5.13. The molecule has 0 aliphatic carbocycles. The summed E-state index contributed by atoms with van der Waals surface area (Å²) in [5, 5.41) is 0. The van der Waals surface area contributed by atoms with Gasteiger partial charge in [0.25, 0.3) is 0 Å². The van der Waals surface area contributed by atoms with Gasteiger partial charge >= 0.3 is 0 Å². The molecule has 0 aromatic carbocycles. The van der Waals surface area contributed by atoms with Crippen molar-refractivity contribution in [3.05, 3.63) is 36.3 Å². The Balaban J connectivity index is 2.88. The highest BCUT2D eigenvalue weighted by molar-refractivity contribution is 5.15. The maximum atomic E-state index is 11.7. The first kappa shape index (κ1) is 6.20. The highest BCUT2D eigenvalue weighted by Crippen LogP contribution is 2.00. The lowest BCUT2D eigenvalue weighted by molar-refractivity contribution is 0.637. The van der Waals surface area contributed by atoms with Crippen LogP contribution < -0.4 is 0 Å². The molecule has 0 fully saturated rings. The van der Waals surface area contributed by atoms with Crippen molar-refractivity contribution in [2.24, 2.45) is 0 Å². The van der Waals surface area contributed by atoms with Crippen LogP contribution in [0.3, 0.4) is 0 Å². The van der Waals surface area contributed by atoms with Crippen LogP contribution in [0.25, 0.3) is 0 Å². The number of rotatable bonds is 1.